The number of nitrogens with one attached hydrogen (secondary N) is 1. The number of hydrogen-bond acceptors (Lipinski definition) is 2. The summed E-state index contributed by atoms with van der Waals surface area (Å²) in [5, 5.41) is 2.95. The summed E-state index contributed by atoms with van der Waals surface area (Å²) in [5.74, 6) is 0.748. The first-order chi connectivity index (χ1) is 9.11. The van der Waals surface area contributed by atoms with Crippen molar-refractivity contribution in [3.05, 3.63) is 24.3 Å². The summed E-state index contributed by atoms with van der Waals surface area (Å²) in [7, 11) is 1.62. The molecule has 0 aliphatic carbocycles. The second-order valence-electron chi connectivity index (χ2n) is 5.20. The Morgan fingerprint density at radius 2 is 2.00 bits per heavy atom. The summed E-state index contributed by atoms with van der Waals surface area (Å²) >= 11 is 0. The monoisotopic (exact) mass is 262 g/mol. The highest BCUT2D eigenvalue weighted by Crippen LogP contribution is 2.24. The van der Waals surface area contributed by atoms with Gasteiger partial charge in [0.15, 0.2) is 0 Å². The van der Waals surface area contributed by atoms with Gasteiger partial charge in [0.25, 0.3) is 0 Å². The highest BCUT2D eigenvalue weighted by atomic mass is 16.5. The lowest BCUT2D eigenvalue weighted by molar-refractivity contribution is 0.133. The zero-order chi connectivity index (χ0) is 13.8. The van der Waals surface area contributed by atoms with Crippen LogP contribution in [0.1, 0.15) is 33.1 Å². The van der Waals surface area contributed by atoms with E-state index in [0.717, 1.165) is 24.3 Å². The first-order valence-corrected chi connectivity index (χ1v) is 6.85. The maximum atomic E-state index is 12.4. The lowest BCUT2D eigenvalue weighted by Crippen LogP contribution is -2.49. The minimum atomic E-state index is -0.0204. The molecular weight excluding hydrogens is 240 g/mol. The number of benzene rings is 1. The van der Waals surface area contributed by atoms with Gasteiger partial charge in [-0.05, 0) is 45.2 Å². The van der Waals surface area contributed by atoms with Crippen molar-refractivity contribution in [2.45, 2.75) is 45.2 Å². The fourth-order valence-electron chi connectivity index (χ4n) is 2.71. The smallest absolute Gasteiger partial charge is 0.322 e. The quantitative estimate of drug-likeness (QED) is 0.886. The fraction of sp³-hybridized carbons (Fsp3) is 0.533. The maximum absolute atomic E-state index is 12.4. The zero-order valence-corrected chi connectivity index (χ0v) is 11.8. The Balaban J connectivity index is 2.07. The molecule has 1 aromatic carbocycles. The van der Waals surface area contributed by atoms with Crippen molar-refractivity contribution < 1.29 is 9.53 Å². The summed E-state index contributed by atoms with van der Waals surface area (Å²) in [6, 6.07) is 8.02. The third-order valence-electron chi connectivity index (χ3n) is 3.75. The summed E-state index contributed by atoms with van der Waals surface area (Å²) in [6.45, 7) is 4.22. The molecule has 0 bridgehead atoms. The van der Waals surface area contributed by atoms with Crippen LogP contribution < -0.4 is 10.1 Å². The van der Waals surface area contributed by atoms with Crippen LogP contribution in [0.3, 0.4) is 0 Å². The minimum absolute atomic E-state index is 0.0204. The normalized spacial score (nSPS) is 23.0. The number of nitrogens with zero attached hydrogens (tertiary/aromatic N) is 1. The molecule has 0 saturated carbocycles. The van der Waals surface area contributed by atoms with Gasteiger partial charge in [0, 0.05) is 23.8 Å². The van der Waals surface area contributed by atoms with Crippen LogP contribution in [-0.4, -0.2) is 30.1 Å². The molecule has 1 aromatic rings. The van der Waals surface area contributed by atoms with Gasteiger partial charge in [0.2, 0.25) is 0 Å². The van der Waals surface area contributed by atoms with Crippen LogP contribution in [0.15, 0.2) is 24.3 Å². The van der Waals surface area contributed by atoms with Crippen molar-refractivity contribution in [1.29, 1.82) is 0 Å². The number of amides is 2. The zero-order valence-electron chi connectivity index (χ0n) is 11.8. The van der Waals surface area contributed by atoms with Gasteiger partial charge in [0.05, 0.1) is 7.11 Å². The van der Waals surface area contributed by atoms with Crippen LogP contribution in [-0.2, 0) is 0 Å². The molecule has 1 fully saturated rings. The van der Waals surface area contributed by atoms with E-state index in [1.807, 2.05) is 29.2 Å². The van der Waals surface area contributed by atoms with Crippen molar-refractivity contribution in [2.75, 3.05) is 12.4 Å². The number of urea groups is 1. The summed E-state index contributed by atoms with van der Waals surface area (Å²) in [4.78, 5) is 14.3. The Kier molecular flexibility index (Phi) is 4.30. The molecule has 0 spiro atoms. The molecule has 0 aromatic heterocycles. The van der Waals surface area contributed by atoms with E-state index >= 15 is 0 Å². The second-order valence-corrected chi connectivity index (χ2v) is 5.20. The number of carbonyl (C=O) groups excluding carboxylic acids is 1. The van der Waals surface area contributed by atoms with E-state index in [9.17, 15) is 4.79 Å². The van der Waals surface area contributed by atoms with Gasteiger partial charge in [-0.25, -0.2) is 4.79 Å². The van der Waals surface area contributed by atoms with Gasteiger partial charge in [-0.3, -0.25) is 0 Å². The number of ether oxygens (including phenoxy) is 1. The topological polar surface area (TPSA) is 41.6 Å². The molecule has 104 valence electrons. The van der Waals surface area contributed by atoms with Crippen LogP contribution in [0, 0.1) is 0 Å². The SMILES string of the molecule is COc1cccc(NC(=O)N2[C@H](C)CCC[C@H]2C)c1. The Bertz CT molecular complexity index is 438. The van der Waals surface area contributed by atoms with Crippen molar-refractivity contribution in [3.63, 3.8) is 0 Å². The van der Waals surface area contributed by atoms with Crippen LogP contribution in [0.4, 0.5) is 10.5 Å². The third kappa shape index (κ3) is 3.19. The molecule has 0 radical (unpaired) electrons. The minimum Gasteiger partial charge on any atom is -0.497 e. The number of rotatable bonds is 2. The van der Waals surface area contributed by atoms with E-state index in [-0.39, 0.29) is 6.03 Å². The molecule has 1 N–H and O–H groups in total. The average molecular weight is 262 g/mol. The van der Waals surface area contributed by atoms with Gasteiger partial charge >= 0.3 is 6.03 Å². The van der Waals surface area contributed by atoms with Gasteiger partial charge in [0.1, 0.15) is 5.75 Å². The molecule has 1 saturated heterocycles. The summed E-state index contributed by atoms with van der Waals surface area (Å²) in [5.41, 5.74) is 0.773. The maximum Gasteiger partial charge on any atom is 0.322 e. The highest BCUT2D eigenvalue weighted by molar-refractivity contribution is 5.90. The fourth-order valence-corrected chi connectivity index (χ4v) is 2.71. The molecule has 1 aliphatic rings. The van der Waals surface area contributed by atoms with Crippen LogP contribution in [0.25, 0.3) is 0 Å². The molecule has 1 aliphatic heterocycles. The number of anilines is 1. The molecular formula is C15H22N2O2. The molecule has 4 nitrogen and oxygen atoms in total. The van der Waals surface area contributed by atoms with Crippen molar-refractivity contribution in [3.8, 4) is 5.75 Å². The number of hydrogen-bond donors (Lipinski definition) is 1. The lowest BCUT2D eigenvalue weighted by atomic mass is 9.98. The third-order valence-corrected chi connectivity index (χ3v) is 3.75. The van der Waals surface area contributed by atoms with Crippen molar-refractivity contribution in [1.82, 2.24) is 4.90 Å². The molecule has 4 heteroatoms. The van der Waals surface area contributed by atoms with Crippen molar-refractivity contribution in [2.24, 2.45) is 0 Å². The Labute approximate surface area is 114 Å². The summed E-state index contributed by atoms with van der Waals surface area (Å²) < 4.78 is 5.16. The average Bonchev–Trinajstić information content (AvgIpc) is 2.38. The van der Waals surface area contributed by atoms with E-state index in [4.69, 9.17) is 4.74 Å². The second kappa shape index (κ2) is 5.95. The molecule has 2 amide bonds. The number of carbonyl (C=O) groups is 1. The van der Waals surface area contributed by atoms with Gasteiger partial charge in [-0.15, -0.1) is 0 Å². The van der Waals surface area contributed by atoms with E-state index in [0.29, 0.717) is 12.1 Å². The first-order valence-electron chi connectivity index (χ1n) is 6.85. The predicted octanol–water partition coefficient (Wildman–Crippen LogP) is 3.49. The van der Waals surface area contributed by atoms with E-state index < -0.39 is 0 Å². The molecule has 2 rings (SSSR count). The number of methoxy groups -OCH3 is 1. The van der Waals surface area contributed by atoms with E-state index in [1.165, 1.54) is 6.42 Å². The van der Waals surface area contributed by atoms with Crippen molar-refractivity contribution >= 4 is 11.7 Å². The first kappa shape index (κ1) is 13.7. The highest BCUT2D eigenvalue weighted by Gasteiger charge is 2.28. The Hall–Kier alpha value is -1.71. The van der Waals surface area contributed by atoms with Gasteiger partial charge in [-0.2, -0.15) is 0 Å². The van der Waals surface area contributed by atoms with Crippen LogP contribution in [0.5, 0.6) is 5.75 Å². The van der Waals surface area contributed by atoms with Gasteiger partial charge < -0.3 is 15.0 Å². The standard InChI is InChI=1S/C15H22N2O2/c1-11-6-4-7-12(2)17(11)15(18)16-13-8-5-9-14(10-13)19-3/h5,8-12H,4,6-7H2,1-3H3,(H,16,18)/t11-,12-/m1/s1. The largest absolute Gasteiger partial charge is 0.497 e. The van der Waals surface area contributed by atoms with Crippen LogP contribution in [0.2, 0.25) is 0 Å². The molecule has 0 unspecified atom stereocenters. The predicted molar refractivity (Wildman–Crippen MR) is 76.6 cm³/mol. The van der Waals surface area contributed by atoms with E-state index in [2.05, 4.69) is 19.2 Å². The lowest BCUT2D eigenvalue weighted by Gasteiger charge is -2.38. The molecule has 19 heavy (non-hydrogen) atoms. The molecule has 2 atom stereocenters. The Morgan fingerprint density at radius 3 is 2.63 bits per heavy atom. The van der Waals surface area contributed by atoms with E-state index in [1.54, 1.807) is 7.11 Å². The van der Waals surface area contributed by atoms with Crippen LogP contribution >= 0.6 is 0 Å². The summed E-state index contributed by atoms with van der Waals surface area (Å²) in [6.07, 6.45) is 3.36. The Morgan fingerprint density at radius 1 is 1.32 bits per heavy atom. The molecule has 1 heterocycles. The number of likely N-dealkylation sites (tertiary alicyclic amines) is 1. The number of piperidine rings is 1. The van der Waals surface area contributed by atoms with Gasteiger partial charge in [-0.1, -0.05) is 6.07 Å².